The van der Waals surface area contributed by atoms with Gasteiger partial charge in [0.15, 0.2) is 0 Å². The van der Waals surface area contributed by atoms with Crippen LogP contribution >= 0.6 is 0 Å². The molecule has 0 aromatic carbocycles. The normalized spacial score (nSPS) is 36.2. The number of carbonyl (C=O) groups is 1. The van der Waals surface area contributed by atoms with Crippen LogP contribution in [-0.4, -0.2) is 48.9 Å². The number of carbonyl (C=O) groups excluding carboxylic acids is 1. The van der Waals surface area contributed by atoms with Crippen LogP contribution in [0.1, 0.15) is 20.3 Å². The molecule has 0 aromatic heterocycles. The van der Waals surface area contributed by atoms with E-state index in [1.54, 1.807) is 0 Å². The molecule has 1 aliphatic carbocycles. The van der Waals surface area contributed by atoms with E-state index in [0.717, 1.165) is 32.6 Å². The number of rotatable bonds is 1. The molecule has 3 aliphatic rings. The molecule has 2 unspecified atom stereocenters. The maximum Gasteiger partial charge on any atom is 0.226 e. The molecule has 4 heteroatoms. The van der Waals surface area contributed by atoms with Gasteiger partial charge in [-0.3, -0.25) is 4.79 Å². The molecule has 0 bridgehead atoms. The van der Waals surface area contributed by atoms with E-state index in [4.69, 9.17) is 0 Å². The molecule has 3 fully saturated rings. The molecular weight excluding hydrogens is 226 g/mol. The fraction of sp³-hybridized carbons (Fsp3) is 0.857. The summed E-state index contributed by atoms with van der Waals surface area (Å²) < 4.78 is 0. The van der Waals surface area contributed by atoms with Gasteiger partial charge in [0.25, 0.3) is 0 Å². The van der Waals surface area contributed by atoms with E-state index >= 15 is 0 Å². The maximum atomic E-state index is 12.2. The van der Waals surface area contributed by atoms with Crippen LogP contribution in [0.3, 0.4) is 0 Å². The van der Waals surface area contributed by atoms with Gasteiger partial charge in [0.05, 0.1) is 12.0 Å². The molecule has 1 amide bonds. The average molecular weight is 247 g/mol. The van der Waals surface area contributed by atoms with Crippen molar-refractivity contribution in [1.29, 1.82) is 5.26 Å². The third-order valence-electron chi connectivity index (χ3n) is 5.11. The van der Waals surface area contributed by atoms with Crippen molar-refractivity contribution < 1.29 is 4.79 Å². The van der Waals surface area contributed by atoms with E-state index in [1.165, 1.54) is 0 Å². The Hall–Kier alpha value is -1.08. The minimum Gasteiger partial charge on any atom is -0.341 e. The van der Waals surface area contributed by atoms with Gasteiger partial charge < -0.3 is 9.80 Å². The summed E-state index contributed by atoms with van der Waals surface area (Å²) in [6, 6.07) is 2.43. The summed E-state index contributed by atoms with van der Waals surface area (Å²) in [7, 11) is 2.06. The monoisotopic (exact) mass is 247 g/mol. The summed E-state index contributed by atoms with van der Waals surface area (Å²) >= 11 is 0. The fourth-order valence-corrected chi connectivity index (χ4v) is 3.69. The standard InChI is InChI=1S/C14H21N3O/c1-13(2)4-11(13)12(18)17-8-14(9-17)7-16(3)6-10(14)5-15/h10-11H,4,6-9H2,1-3H3. The highest BCUT2D eigenvalue weighted by Gasteiger charge is 2.59. The van der Waals surface area contributed by atoms with Gasteiger partial charge in [0.1, 0.15) is 0 Å². The number of nitrogens with zero attached hydrogens (tertiary/aromatic N) is 3. The molecule has 2 aliphatic heterocycles. The predicted octanol–water partition coefficient (Wildman–Crippen LogP) is 0.946. The van der Waals surface area contributed by atoms with E-state index in [-0.39, 0.29) is 22.7 Å². The molecule has 1 saturated carbocycles. The molecule has 2 saturated heterocycles. The Morgan fingerprint density at radius 1 is 1.33 bits per heavy atom. The van der Waals surface area contributed by atoms with Crippen molar-refractivity contribution in [3.63, 3.8) is 0 Å². The van der Waals surface area contributed by atoms with Gasteiger partial charge in [-0.15, -0.1) is 0 Å². The van der Waals surface area contributed by atoms with Gasteiger partial charge in [-0.1, -0.05) is 13.8 Å². The van der Waals surface area contributed by atoms with Crippen LogP contribution in [-0.2, 0) is 4.79 Å². The SMILES string of the molecule is CN1CC(C#N)C2(C1)CN(C(=O)C1CC1(C)C)C2. The number of hydrogen-bond donors (Lipinski definition) is 0. The lowest BCUT2D eigenvalue weighted by atomic mass is 9.72. The lowest BCUT2D eigenvalue weighted by Gasteiger charge is -2.49. The Kier molecular flexibility index (Phi) is 2.31. The summed E-state index contributed by atoms with van der Waals surface area (Å²) in [5.41, 5.74) is 0.277. The molecule has 18 heavy (non-hydrogen) atoms. The Labute approximate surface area is 109 Å². The van der Waals surface area contributed by atoms with Crippen molar-refractivity contribution >= 4 is 5.91 Å². The quantitative estimate of drug-likeness (QED) is 0.693. The zero-order valence-electron chi connectivity index (χ0n) is 11.4. The molecule has 2 heterocycles. The number of amides is 1. The summed E-state index contributed by atoms with van der Waals surface area (Å²) in [6.07, 6.45) is 1.02. The van der Waals surface area contributed by atoms with E-state index < -0.39 is 0 Å². The highest BCUT2D eigenvalue weighted by Crippen LogP contribution is 2.54. The number of likely N-dealkylation sites (tertiary alicyclic amines) is 2. The van der Waals surface area contributed by atoms with Crippen molar-refractivity contribution in [2.45, 2.75) is 20.3 Å². The third kappa shape index (κ3) is 1.57. The highest BCUT2D eigenvalue weighted by atomic mass is 16.2. The Bertz CT molecular complexity index is 431. The van der Waals surface area contributed by atoms with Crippen LogP contribution in [0.15, 0.2) is 0 Å². The number of nitriles is 1. The van der Waals surface area contributed by atoms with Crippen molar-refractivity contribution in [2.75, 3.05) is 33.2 Å². The van der Waals surface area contributed by atoms with Gasteiger partial charge in [0.2, 0.25) is 5.91 Å². The van der Waals surface area contributed by atoms with Crippen LogP contribution in [0.4, 0.5) is 0 Å². The van der Waals surface area contributed by atoms with E-state index in [9.17, 15) is 10.1 Å². The van der Waals surface area contributed by atoms with Crippen molar-refractivity contribution in [3.8, 4) is 6.07 Å². The van der Waals surface area contributed by atoms with E-state index in [1.807, 2.05) is 4.90 Å². The molecule has 1 spiro atoms. The van der Waals surface area contributed by atoms with Gasteiger partial charge >= 0.3 is 0 Å². The van der Waals surface area contributed by atoms with Crippen LogP contribution < -0.4 is 0 Å². The van der Waals surface area contributed by atoms with Crippen molar-refractivity contribution in [2.24, 2.45) is 22.7 Å². The minimum atomic E-state index is 0.0677. The zero-order valence-corrected chi connectivity index (χ0v) is 11.4. The second kappa shape index (κ2) is 3.48. The van der Waals surface area contributed by atoms with E-state index in [0.29, 0.717) is 5.91 Å². The molecule has 98 valence electrons. The first-order valence-corrected chi connectivity index (χ1v) is 6.75. The smallest absolute Gasteiger partial charge is 0.226 e. The second-order valence-electron chi connectivity index (χ2n) is 7.18. The molecule has 0 radical (unpaired) electrons. The zero-order chi connectivity index (χ0) is 13.1. The molecular formula is C14H21N3O. The Balaban J connectivity index is 1.63. The Morgan fingerprint density at radius 3 is 2.44 bits per heavy atom. The van der Waals surface area contributed by atoms with Crippen molar-refractivity contribution in [1.82, 2.24) is 9.80 Å². The molecule has 3 rings (SSSR count). The first kappa shape index (κ1) is 12.0. The minimum absolute atomic E-state index is 0.0677. The molecule has 2 atom stereocenters. The maximum absolute atomic E-state index is 12.2. The second-order valence-corrected chi connectivity index (χ2v) is 7.18. The summed E-state index contributed by atoms with van der Waals surface area (Å²) in [5, 5.41) is 9.23. The lowest BCUT2D eigenvalue weighted by molar-refractivity contribution is -0.146. The highest BCUT2D eigenvalue weighted by molar-refractivity contribution is 5.83. The van der Waals surface area contributed by atoms with Gasteiger partial charge in [0, 0.05) is 37.5 Å². The molecule has 4 nitrogen and oxygen atoms in total. The van der Waals surface area contributed by atoms with Crippen LogP contribution in [0, 0.1) is 34.0 Å². The van der Waals surface area contributed by atoms with Crippen LogP contribution in [0.25, 0.3) is 0 Å². The number of hydrogen-bond acceptors (Lipinski definition) is 3. The topological polar surface area (TPSA) is 47.3 Å². The fourth-order valence-electron chi connectivity index (χ4n) is 3.69. The first-order valence-electron chi connectivity index (χ1n) is 6.75. The largest absolute Gasteiger partial charge is 0.341 e. The Morgan fingerprint density at radius 2 is 1.94 bits per heavy atom. The van der Waals surface area contributed by atoms with E-state index in [2.05, 4.69) is 31.9 Å². The van der Waals surface area contributed by atoms with Gasteiger partial charge in [-0.05, 0) is 18.9 Å². The summed E-state index contributed by atoms with van der Waals surface area (Å²) in [4.78, 5) is 16.4. The van der Waals surface area contributed by atoms with Crippen LogP contribution in [0.5, 0.6) is 0 Å². The lowest BCUT2D eigenvalue weighted by Crippen LogP contribution is -2.62. The summed E-state index contributed by atoms with van der Waals surface area (Å²) in [6.45, 7) is 7.72. The van der Waals surface area contributed by atoms with Crippen molar-refractivity contribution in [3.05, 3.63) is 0 Å². The predicted molar refractivity (Wildman–Crippen MR) is 67.5 cm³/mol. The van der Waals surface area contributed by atoms with Gasteiger partial charge in [-0.25, -0.2) is 0 Å². The molecule has 0 N–H and O–H groups in total. The van der Waals surface area contributed by atoms with Crippen LogP contribution in [0.2, 0.25) is 0 Å². The average Bonchev–Trinajstić information content (AvgIpc) is 2.74. The van der Waals surface area contributed by atoms with Gasteiger partial charge in [-0.2, -0.15) is 5.26 Å². The third-order valence-corrected chi connectivity index (χ3v) is 5.11. The summed E-state index contributed by atoms with van der Waals surface area (Å²) in [5.74, 6) is 0.644. The molecule has 0 aromatic rings. The first-order chi connectivity index (χ1) is 8.38.